The highest BCUT2D eigenvalue weighted by Gasteiger charge is 2.22. The van der Waals surface area contributed by atoms with E-state index in [1.54, 1.807) is 0 Å². The first-order valence-corrected chi connectivity index (χ1v) is 8.94. The van der Waals surface area contributed by atoms with Crippen molar-refractivity contribution in [2.75, 3.05) is 6.54 Å². The molecule has 1 aliphatic rings. The van der Waals surface area contributed by atoms with Crippen molar-refractivity contribution in [2.24, 2.45) is 10.9 Å². The Morgan fingerprint density at radius 1 is 1.41 bits per heavy atom. The molecule has 1 heterocycles. The lowest BCUT2D eigenvalue weighted by Gasteiger charge is -2.31. The molecule has 0 saturated heterocycles. The van der Waals surface area contributed by atoms with Gasteiger partial charge in [0.05, 0.1) is 4.48 Å². The quantitative estimate of drug-likeness (QED) is 0.468. The molecule has 0 amide bonds. The van der Waals surface area contributed by atoms with Crippen molar-refractivity contribution >= 4 is 21.6 Å². The average molecular weight is 365 g/mol. The smallest absolute Gasteiger partial charge is 0.147 e. The maximum Gasteiger partial charge on any atom is 0.147 e. The van der Waals surface area contributed by atoms with E-state index in [0.29, 0.717) is 5.92 Å². The number of allylic oxidation sites excluding steroid dienone is 5. The summed E-state index contributed by atoms with van der Waals surface area (Å²) in [6, 6.07) is 0. The van der Waals surface area contributed by atoms with Crippen molar-refractivity contribution in [3.63, 3.8) is 0 Å². The van der Waals surface area contributed by atoms with E-state index in [-0.39, 0.29) is 0 Å². The van der Waals surface area contributed by atoms with Crippen molar-refractivity contribution in [3.8, 4) is 0 Å². The van der Waals surface area contributed by atoms with Crippen LogP contribution in [0, 0.1) is 5.92 Å². The van der Waals surface area contributed by atoms with Crippen LogP contribution in [0.2, 0.25) is 0 Å². The minimum atomic E-state index is 0.496. The van der Waals surface area contributed by atoms with Crippen LogP contribution in [0.3, 0.4) is 0 Å². The van der Waals surface area contributed by atoms with Crippen molar-refractivity contribution in [1.29, 1.82) is 0 Å². The predicted molar refractivity (Wildman–Crippen MR) is 102 cm³/mol. The van der Waals surface area contributed by atoms with E-state index in [2.05, 4.69) is 67.8 Å². The lowest BCUT2D eigenvalue weighted by molar-refractivity contribution is 0.438. The van der Waals surface area contributed by atoms with Crippen LogP contribution in [0.25, 0.3) is 0 Å². The zero-order valence-electron chi connectivity index (χ0n) is 14.5. The minimum Gasteiger partial charge on any atom is -0.330 e. The number of aliphatic imine (C=N–C) groups is 1. The summed E-state index contributed by atoms with van der Waals surface area (Å²) in [5.74, 6) is 1.47. The van der Waals surface area contributed by atoms with Crippen LogP contribution in [-0.2, 0) is 0 Å². The zero-order chi connectivity index (χ0) is 16.7. The summed E-state index contributed by atoms with van der Waals surface area (Å²) in [5, 5.41) is 0. The number of rotatable bonds is 8. The molecule has 0 spiro atoms. The largest absolute Gasteiger partial charge is 0.330 e. The molecule has 1 aliphatic heterocycles. The summed E-state index contributed by atoms with van der Waals surface area (Å²) in [6.45, 7) is 17.4. The third kappa shape index (κ3) is 4.98. The van der Waals surface area contributed by atoms with E-state index < -0.39 is 0 Å². The Bertz CT molecular complexity index is 512. The van der Waals surface area contributed by atoms with Crippen LogP contribution in [0.4, 0.5) is 0 Å². The molecule has 0 aromatic carbocycles. The molecule has 0 saturated carbocycles. The van der Waals surface area contributed by atoms with Gasteiger partial charge in [-0.05, 0) is 62.0 Å². The topological polar surface area (TPSA) is 15.6 Å². The number of hydrogen-bond donors (Lipinski definition) is 0. The zero-order valence-corrected chi connectivity index (χ0v) is 16.0. The Hall–Kier alpha value is -1.09. The molecule has 0 bridgehead atoms. The second-order valence-corrected chi connectivity index (χ2v) is 6.78. The van der Waals surface area contributed by atoms with Gasteiger partial charge in [-0.3, -0.25) is 0 Å². The fraction of sp³-hybridized carbons (Fsp3) is 0.526. The summed E-state index contributed by atoms with van der Waals surface area (Å²) in [7, 11) is 0. The van der Waals surface area contributed by atoms with Crippen molar-refractivity contribution in [2.45, 2.75) is 53.4 Å². The van der Waals surface area contributed by atoms with E-state index in [1.165, 1.54) is 29.8 Å². The fourth-order valence-corrected chi connectivity index (χ4v) is 3.07. The van der Waals surface area contributed by atoms with E-state index >= 15 is 0 Å². The van der Waals surface area contributed by atoms with Gasteiger partial charge in [0.25, 0.3) is 0 Å². The van der Waals surface area contributed by atoms with Crippen molar-refractivity contribution in [1.82, 2.24) is 4.90 Å². The molecule has 22 heavy (non-hydrogen) atoms. The van der Waals surface area contributed by atoms with E-state index in [1.807, 2.05) is 6.08 Å². The summed E-state index contributed by atoms with van der Waals surface area (Å²) >= 11 is 3.60. The van der Waals surface area contributed by atoms with Gasteiger partial charge in [0.1, 0.15) is 5.82 Å². The van der Waals surface area contributed by atoms with Crippen LogP contribution < -0.4 is 0 Å². The maximum atomic E-state index is 4.95. The summed E-state index contributed by atoms with van der Waals surface area (Å²) in [6.07, 6.45) is 8.59. The molecular formula is C19H29BrN2. The Morgan fingerprint density at radius 3 is 2.59 bits per heavy atom. The molecule has 0 radical (unpaired) electrons. The van der Waals surface area contributed by atoms with Gasteiger partial charge in [0, 0.05) is 23.9 Å². The van der Waals surface area contributed by atoms with Crippen molar-refractivity contribution in [3.05, 3.63) is 46.9 Å². The summed E-state index contributed by atoms with van der Waals surface area (Å²) < 4.78 is 0.953. The first-order valence-electron chi connectivity index (χ1n) is 8.15. The van der Waals surface area contributed by atoms with Crippen LogP contribution >= 0.6 is 15.9 Å². The average Bonchev–Trinajstić information content (AvgIpc) is 2.49. The highest BCUT2D eigenvalue weighted by atomic mass is 79.9. The van der Waals surface area contributed by atoms with Crippen LogP contribution in [0.15, 0.2) is 51.9 Å². The molecule has 1 rings (SSSR count). The first kappa shape index (κ1) is 19.0. The van der Waals surface area contributed by atoms with Crippen LogP contribution in [0.5, 0.6) is 0 Å². The predicted octanol–water partition coefficient (Wildman–Crippen LogP) is 6.19. The Kier molecular flexibility index (Phi) is 7.88. The first-order chi connectivity index (χ1) is 10.4. The molecular weight excluding hydrogens is 336 g/mol. The Labute approximate surface area is 144 Å². The van der Waals surface area contributed by atoms with E-state index in [4.69, 9.17) is 4.99 Å². The third-order valence-corrected chi connectivity index (χ3v) is 4.64. The Balaban J connectivity index is 3.16. The van der Waals surface area contributed by atoms with Gasteiger partial charge in [-0.15, -0.1) is 6.58 Å². The second-order valence-electron chi connectivity index (χ2n) is 5.92. The van der Waals surface area contributed by atoms with Crippen LogP contribution in [-0.4, -0.2) is 17.2 Å². The van der Waals surface area contributed by atoms with Gasteiger partial charge in [0.2, 0.25) is 0 Å². The maximum absolute atomic E-state index is 4.95. The molecule has 0 aromatic heterocycles. The fourth-order valence-electron chi connectivity index (χ4n) is 2.77. The summed E-state index contributed by atoms with van der Waals surface area (Å²) in [4.78, 5) is 7.17. The Morgan fingerprint density at radius 2 is 2.09 bits per heavy atom. The van der Waals surface area contributed by atoms with Gasteiger partial charge in [-0.1, -0.05) is 31.6 Å². The van der Waals surface area contributed by atoms with Crippen molar-refractivity contribution < 1.29 is 0 Å². The summed E-state index contributed by atoms with van der Waals surface area (Å²) in [5.41, 5.74) is 3.69. The number of hydrogen-bond acceptors (Lipinski definition) is 2. The molecule has 3 heteroatoms. The molecule has 2 nitrogen and oxygen atoms in total. The molecule has 1 unspecified atom stereocenters. The van der Waals surface area contributed by atoms with Gasteiger partial charge in [-0.25, -0.2) is 4.99 Å². The van der Waals surface area contributed by atoms with Gasteiger partial charge < -0.3 is 4.90 Å². The molecule has 0 aromatic rings. The van der Waals surface area contributed by atoms with Gasteiger partial charge >= 0.3 is 0 Å². The van der Waals surface area contributed by atoms with E-state index in [0.717, 1.165) is 29.7 Å². The normalized spacial score (nSPS) is 18.5. The molecule has 0 N–H and O–H groups in total. The minimum absolute atomic E-state index is 0.496. The molecule has 122 valence electrons. The molecule has 0 fully saturated rings. The number of halogens is 1. The van der Waals surface area contributed by atoms with Gasteiger partial charge in [-0.2, -0.15) is 0 Å². The highest BCUT2D eigenvalue weighted by Crippen LogP contribution is 2.30. The SMILES string of the molecule is C=C/C(Br)=C1/N=C(C(CCC)CCC(=C)C)C=C(C)N1CC. The second kappa shape index (κ2) is 9.14. The lowest BCUT2D eigenvalue weighted by Crippen LogP contribution is -2.28. The highest BCUT2D eigenvalue weighted by molar-refractivity contribution is 9.11. The molecule has 1 atom stereocenters. The monoisotopic (exact) mass is 364 g/mol. The molecule has 0 aliphatic carbocycles. The van der Waals surface area contributed by atoms with Crippen LogP contribution in [0.1, 0.15) is 53.4 Å². The number of nitrogens with zero attached hydrogens (tertiary/aromatic N) is 2. The third-order valence-electron chi connectivity index (χ3n) is 3.96. The lowest BCUT2D eigenvalue weighted by atomic mass is 9.90. The standard InChI is InChI=1S/C19H29BrN2/c1-7-10-16(12-11-14(4)5)18-13-15(6)22(9-3)19(21-18)17(20)8-2/h8,13,16H,2,4,7,9-12H2,1,3,5-6H3/b19-17+. The van der Waals surface area contributed by atoms with E-state index in [9.17, 15) is 0 Å². The van der Waals surface area contributed by atoms with Gasteiger partial charge in [0.15, 0.2) is 0 Å².